The van der Waals surface area contributed by atoms with Crippen LogP contribution in [0.4, 0.5) is 0 Å². The van der Waals surface area contributed by atoms with Gasteiger partial charge in [-0.1, -0.05) is 26.3 Å². The Balaban J connectivity index is 2.10. The van der Waals surface area contributed by atoms with E-state index in [1.54, 1.807) is 12.1 Å². The van der Waals surface area contributed by atoms with Gasteiger partial charge in [-0.05, 0) is 55.5 Å². The normalized spacial score (nSPS) is 21.5. The van der Waals surface area contributed by atoms with Crippen molar-refractivity contribution in [1.29, 1.82) is 0 Å². The van der Waals surface area contributed by atoms with Crippen LogP contribution in [-0.2, 0) is 16.6 Å². The molecule has 0 amide bonds. The molecule has 21 heavy (non-hydrogen) atoms. The quantitative estimate of drug-likeness (QED) is 0.726. The van der Waals surface area contributed by atoms with Crippen LogP contribution in [0, 0.1) is 12.8 Å². The second kappa shape index (κ2) is 6.90. The third-order valence-corrected chi connectivity index (χ3v) is 5.61. The number of hydrogen-bond acceptors (Lipinski definition) is 3. The Morgan fingerprint density at radius 1 is 1.29 bits per heavy atom. The van der Waals surface area contributed by atoms with Crippen LogP contribution >= 0.6 is 0 Å². The van der Waals surface area contributed by atoms with Gasteiger partial charge in [-0.2, -0.15) is 0 Å². The van der Waals surface area contributed by atoms with E-state index in [1.165, 1.54) is 0 Å². The maximum atomic E-state index is 12.4. The number of rotatable bonds is 8. The predicted octanol–water partition coefficient (Wildman–Crippen LogP) is 2.57. The Bertz CT molecular complexity index is 584. The Morgan fingerprint density at radius 3 is 2.67 bits per heavy atom. The summed E-state index contributed by atoms with van der Waals surface area (Å²) in [4.78, 5) is 0.378. The number of nitrogens with one attached hydrogen (secondary N) is 2. The second-order valence-corrected chi connectivity index (χ2v) is 7.61. The summed E-state index contributed by atoms with van der Waals surface area (Å²) in [7, 11) is -3.39. The molecule has 4 nitrogen and oxygen atoms in total. The van der Waals surface area contributed by atoms with Crippen molar-refractivity contribution < 1.29 is 8.42 Å². The van der Waals surface area contributed by atoms with E-state index in [9.17, 15) is 8.42 Å². The molecule has 2 atom stereocenters. The van der Waals surface area contributed by atoms with E-state index in [1.807, 2.05) is 13.0 Å². The summed E-state index contributed by atoms with van der Waals surface area (Å²) >= 11 is 0. The molecule has 1 saturated carbocycles. The lowest BCUT2D eigenvalue weighted by molar-refractivity contribution is 0.575. The first-order valence-electron chi connectivity index (χ1n) is 7.80. The zero-order valence-corrected chi connectivity index (χ0v) is 14.0. The van der Waals surface area contributed by atoms with Crippen molar-refractivity contribution in [2.24, 2.45) is 5.92 Å². The molecule has 0 bridgehead atoms. The van der Waals surface area contributed by atoms with Gasteiger partial charge in [-0.15, -0.1) is 0 Å². The van der Waals surface area contributed by atoms with Gasteiger partial charge in [0.25, 0.3) is 0 Å². The van der Waals surface area contributed by atoms with Crippen LogP contribution < -0.4 is 10.0 Å². The fourth-order valence-electron chi connectivity index (χ4n) is 2.52. The van der Waals surface area contributed by atoms with Gasteiger partial charge < -0.3 is 5.32 Å². The molecule has 0 aliphatic heterocycles. The lowest BCUT2D eigenvalue weighted by Gasteiger charge is -2.11. The molecule has 1 aliphatic rings. The van der Waals surface area contributed by atoms with Gasteiger partial charge >= 0.3 is 0 Å². The van der Waals surface area contributed by atoms with E-state index in [0.29, 0.717) is 17.4 Å². The molecule has 0 aromatic heterocycles. The molecule has 2 rings (SSSR count). The van der Waals surface area contributed by atoms with Crippen LogP contribution in [0.25, 0.3) is 0 Å². The van der Waals surface area contributed by atoms with Gasteiger partial charge in [0.2, 0.25) is 10.0 Å². The Morgan fingerprint density at radius 2 is 2.05 bits per heavy atom. The van der Waals surface area contributed by atoms with Gasteiger partial charge in [-0.25, -0.2) is 13.1 Å². The van der Waals surface area contributed by atoms with E-state index in [0.717, 1.165) is 36.9 Å². The maximum Gasteiger partial charge on any atom is 0.240 e. The first-order chi connectivity index (χ1) is 9.97. The molecule has 118 valence electrons. The highest BCUT2D eigenvalue weighted by Crippen LogP contribution is 2.34. The van der Waals surface area contributed by atoms with Crippen molar-refractivity contribution in [2.75, 3.05) is 6.54 Å². The molecule has 0 radical (unpaired) electrons. The minimum Gasteiger partial charge on any atom is -0.313 e. The molecular formula is C16H26N2O2S. The molecule has 0 heterocycles. The highest BCUT2D eigenvalue weighted by Gasteiger charge is 2.38. The summed E-state index contributed by atoms with van der Waals surface area (Å²) in [5.41, 5.74) is 2.17. The molecule has 2 unspecified atom stereocenters. The van der Waals surface area contributed by atoms with Gasteiger partial charge in [0.15, 0.2) is 0 Å². The zero-order chi connectivity index (χ0) is 15.5. The second-order valence-electron chi connectivity index (χ2n) is 5.90. The maximum absolute atomic E-state index is 12.4. The van der Waals surface area contributed by atoms with E-state index < -0.39 is 10.0 Å². The summed E-state index contributed by atoms with van der Waals surface area (Å²) in [6.45, 7) is 7.88. The van der Waals surface area contributed by atoms with Crippen LogP contribution in [0.15, 0.2) is 23.1 Å². The summed E-state index contributed by atoms with van der Waals surface area (Å²) in [6, 6.07) is 5.51. The number of benzene rings is 1. The van der Waals surface area contributed by atoms with Crippen molar-refractivity contribution in [3.63, 3.8) is 0 Å². The van der Waals surface area contributed by atoms with Crippen LogP contribution in [0.3, 0.4) is 0 Å². The average molecular weight is 310 g/mol. The van der Waals surface area contributed by atoms with Crippen LogP contribution in [0.5, 0.6) is 0 Å². The number of sulfonamides is 1. The van der Waals surface area contributed by atoms with E-state index >= 15 is 0 Å². The Labute approximate surface area is 128 Å². The zero-order valence-electron chi connectivity index (χ0n) is 13.1. The van der Waals surface area contributed by atoms with Crippen LogP contribution in [0.1, 0.15) is 44.2 Å². The molecule has 5 heteroatoms. The van der Waals surface area contributed by atoms with E-state index in [4.69, 9.17) is 0 Å². The van der Waals surface area contributed by atoms with Gasteiger partial charge in [0.1, 0.15) is 0 Å². The van der Waals surface area contributed by atoms with Gasteiger partial charge in [0, 0.05) is 12.6 Å². The minimum absolute atomic E-state index is 0.128. The van der Waals surface area contributed by atoms with Crippen LogP contribution in [-0.4, -0.2) is 21.0 Å². The third kappa shape index (κ3) is 4.28. The summed E-state index contributed by atoms with van der Waals surface area (Å²) in [5, 5.41) is 3.32. The van der Waals surface area contributed by atoms with Gasteiger partial charge in [-0.3, -0.25) is 0 Å². The summed E-state index contributed by atoms with van der Waals surface area (Å²) < 4.78 is 27.6. The molecule has 1 aliphatic carbocycles. The minimum atomic E-state index is -3.39. The highest BCUT2D eigenvalue weighted by molar-refractivity contribution is 7.89. The number of aryl methyl sites for hydroxylation is 1. The highest BCUT2D eigenvalue weighted by atomic mass is 32.2. The fraction of sp³-hybridized carbons (Fsp3) is 0.625. The van der Waals surface area contributed by atoms with Gasteiger partial charge in [0.05, 0.1) is 4.90 Å². The van der Waals surface area contributed by atoms with E-state index in [2.05, 4.69) is 23.9 Å². The smallest absolute Gasteiger partial charge is 0.240 e. The van der Waals surface area contributed by atoms with Crippen molar-refractivity contribution >= 4 is 10.0 Å². The largest absolute Gasteiger partial charge is 0.313 e. The Kier molecular flexibility index (Phi) is 5.41. The molecular weight excluding hydrogens is 284 g/mol. The fourth-order valence-corrected chi connectivity index (χ4v) is 3.88. The topological polar surface area (TPSA) is 58.2 Å². The number of hydrogen-bond donors (Lipinski definition) is 2. The lowest BCUT2D eigenvalue weighted by atomic mass is 10.1. The first kappa shape index (κ1) is 16.5. The lowest BCUT2D eigenvalue weighted by Crippen LogP contribution is -2.27. The summed E-state index contributed by atoms with van der Waals surface area (Å²) in [5.74, 6) is 0.510. The van der Waals surface area contributed by atoms with Crippen molar-refractivity contribution in [2.45, 2.75) is 57.5 Å². The molecule has 1 aromatic carbocycles. The van der Waals surface area contributed by atoms with Crippen molar-refractivity contribution in [3.8, 4) is 0 Å². The van der Waals surface area contributed by atoms with Crippen molar-refractivity contribution in [1.82, 2.24) is 10.0 Å². The first-order valence-corrected chi connectivity index (χ1v) is 9.28. The molecule has 2 N–H and O–H groups in total. The Hall–Kier alpha value is -0.910. The SMILES string of the molecule is CCCNCc1cc(S(=O)(=O)NC2CC2CC)ccc1C. The molecule has 1 fully saturated rings. The monoisotopic (exact) mass is 310 g/mol. The predicted molar refractivity (Wildman–Crippen MR) is 85.7 cm³/mol. The molecule has 0 spiro atoms. The van der Waals surface area contributed by atoms with E-state index in [-0.39, 0.29) is 6.04 Å². The molecule has 0 saturated heterocycles. The van der Waals surface area contributed by atoms with Crippen LogP contribution in [0.2, 0.25) is 0 Å². The summed E-state index contributed by atoms with van der Waals surface area (Å²) in [6.07, 6.45) is 3.07. The third-order valence-electron chi connectivity index (χ3n) is 4.13. The van der Waals surface area contributed by atoms with Crippen molar-refractivity contribution in [3.05, 3.63) is 29.3 Å². The average Bonchev–Trinajstić information content (AvgIpc) is 3.18. The standard InChI is InChI=1S/C16H26N2O2S/c1-4-8-17-11-14-9-15(7-6-12(14)3)21(19,20)18-16-10-13(16)5-2/h6-7,9,13,16-18H,4-5,8,10-11H2,1-3H3. The molecule has 1 aromatic rings.